The first-order valence-electron chi connectivity index (χ1n) is 35.5. The smallest absolute Gasteiger partial charge is 0.463 e. The van der Waals surface area contributed by atoms with Crippen LogP contribution in [0.1, 0.15) is 290 Å². The van der Waals surface area contributed by atoms with Crippen LogP contribution in [-0.2, 0) is 55.8 Å². The second-order valence-corrected chi connectivity index (χ2v) is 26.6. The summed E-state index contributed by atoms with van der Waals surface area (Å²) < 4.78 is 60.8. The van der Waals surface area contributed by atoms with Crippen molar-refractivity contribution < 1.29 is 75.8 Å². The number of ether oxygens (including phenoxy) is 3. The second-order valence-electron chi connectivity index (χ2n) is 23.6. The van der Waals surface area contributed by atoms with Gasteiger partial charge in [0.05, 0.1) is 26.4 Å². The minimum Gasteiger partial charge on any atom is -0.463 e. The molecule has 16 nitrogen and oxygen atoms in total. The number of hydrogen-bond acceptors (Lipinski definition) is 14. The molecule has 0 aliphatic carbocycles. The molecule has 0 aliphatic heterocycles. The zero-order valence-electron chi connectivity index (χ0n) is 57.0. The van der Waals surface area contributed by atoms with Crippen molar-refractivity contribution in [2.45, 2.75) is 309 Å². The number of rotatable bonds is 67. The summed E-state index contributed by atoms with van der Waals surface area (Å²) in [5.74, 6) is -1.60. The summed E-state index contributed by atoms with van der Waals surface area (Å²) in [5, 5.41) is 20.6. The lowest BCUT2D eigenvalue weighted by Crippen LogP contribution is -2.30. The number of aliphatic hydroxyl groups is 2. The molecule has 4 N–H and O–H groups in total. The van der Waals surface area contributed by atoms with Gasteiger partial charge in [0, 0.05) is 19.3 Å². The first kappa shape index (κ1) is 87.5. The van der Waals surface area contributed by atoms with Gasteiger partial charge in [-0.1, -0.05) is 253 Å². The molecular formula is C73H128O16P2. The summed E-state index contributed by atoms with van der Waals surface area (Å²) in [7, 11) is -9.77. The fraction of sp³-hybridized carbons (Fsp3) is 0.740. The van der Waals surface area contributed by atoms with Crippen LogP contribution < -0.4 is 0 Å². The summed E-state index contributed by atoms with van der Waals surface area (Å²) in [6.45, 7) is 2.45. The maximum Gasteiger partial charge on any atom is 0.472 e. The largest absolute Gasteiger partial charge is 0.472 e. The molecule has 0 rings (SSSR count). The van der Waals surface area contributed by atoms with E-state index in [0.717, 1.165) is 148 Å². The third kappa shape index (κ3) is 67.7. The molecule has 0 saturated carbocycles. The van der Waals surface area contributed by atoms with Crippen LogP contribution in [0.5, 0.6) is 0 Å². The number of esters is 3. The molecular weight excluding hydrogens is 1190 g/mol. The van der Waals surface area contributed by atoms with E-state index in [9.17, 15) is 43.5 Å². The summed E-state index contributed by atoms with van der Waals surface area (Å²) >= 11 is 0. The van der Waals surface area contributed by atoms with E-state index in [0.29, 0.717) is 19.3 Å². The second kappa shape index (κ2) is 66.5. The van der Waals surface area contributed by atoms with Gasteiger partial charge in [0.1, 0.15) is 25.4 Å². The van der Waals surface area contributed by atoms with E-state index < -0.39 is 91.5 Å². The molecule has 5 atom stereocenters. The van der Waals surface area contributed by atoms with Gasteiger partial charge < -0.3 is 34.2 Å². The molecule has 91 heavy (non-hydrogen) atoms. The lowest BCUT2D eigenvalue weighted by atomic mass is 10.0. The molecule has 0 aromatic heterocycles. The lowest BCUT2D eigenvalue weighted by Gasteiger charge is -2.21. The quantitative estimate of drug-likeness (QED) is 0.0146. The summed E-state index contributed by atoms with van der Waals surface area (Å²) in [5.41, 5.74) is 0. The van der Waals surface area contributed by atoms with Gasteiger partial charge in [-0.3, -0.25) is 32.5 Å². The van der Waals surface area contributed by atoms with Gasteiger partial charge in [-0.2, -0.15) is 0 Å². The Labute approximate surface area is 552 Å². The third-order valence-electron chi connectivity index (χ3n) is 14.7. The molecule has 0 aliphatic rings. The number of phosphoric acid groups is 2. The van der Waals surface area contributed by atoms with Gasteiger partial charge >= 0.3 is 33.6 Å². The highest BCUT2D eigenvalue weighted by Gasteiger charge is 2.29. The number of aliphatic hydroxyl groups excluding tert-OH is 2. The Morgan fingerprint density at radius 1 is 0.319 bits per heavy atom. The average Bonchev–Trinajstić information content (AvgIpc) is 3.56. The number of carbonyl (C=O) groups is 3. The molecule has 0 saturated heterocycles. The topological polar surface area (TPSA) is 231 Å². The minimum atomic E-state index is -4.92. The highest BCUT2D eigenvalue weighted by atomic mass is 31.2. The van der Waals surface area contributed by atoms with E-state index in [4.69, 9.17) is 32.3 Å². The summed E-state index contributed by atoms with van der Waals surface area (Å²) in [6.07, 6.45) is 73.4. The van der Waals surface area contributed by atoms with Crippen molar-refractivity contribution in [3.8, 4) is 0 Å². The van der Waals surface area contributed by atoms with Crippen LogP contribution in [0.4, 0.5) is 0 Å². The normalized spacial score (nSPS) is 14.8. The van der Waals surface area contributed by atoms with Crippen molar-refractivity contribution in [1.82, 2.24) is 0 Å². The van der Waals surface area contributed by atoms with E-state index in [2.05, 4.69) is 118 Å². The van der Waals surface area contributed by atoms with Crippen LogP contribution in [-0.4, -0.2) is 95.9 Å². The molecule has 5 unspecified atom stereocenters. The van der Waals surface area contributed by atoms with Crippen molar-refractivity contribution >= 4 is 33.6 Å². The van der Waals surface area contributed by atoms with Crippen LogP contribution in [0.2, 0.25) is 0 Å². The average molecular weight is 1320 g/mol. The summed E-state index contributed by atoms with van der Waals surface area (Å²) in [4.78, 5) is 58.3. The predicted octanol–water partition coefficient (Wildman–Crippen LogP) is 19.9. The maximum atomic E-state index is 12.9. The Balaban J connectivity index is 4.42. The van der Waals surface area contributed by atoms with Crippen molar-refractivity contribution in [2.75, 3.05) is 39.6 Å². The van der Waals surface area contributed by atoms with Crippen LogP contribution >= 0.6 is 15.6 Å². The molecule has 18 heteroatoms. The fourth-order valence-corrected chi connectivity index (χ4v) is 10.9. The first-order valence-corrected chi connectivity index (χ1v) is 38.5. The lowest BCUT2D eigenvalue weighted by molar-refractivity contribution is -0.161. The maximum absolute atomic E-state index is 12.9. The Morgan fingerprint density at radius 2 is 0.604 bits per heavy atom. The number of carbonyl (C=O) groups excluding carboxylic acids is 3. The van der Waals surface area contributed by atoms with Gasteiger partial charge in [0.2, 0.25) is 0 Å². The van der Waals surface area contributed by atoms with Gasteiger partial charge in [-0.15, -0.1) is 0 Å². The van der Waals surface area contributed by atoms with Crippen LogP contribution in [0.25, 0.3) is 0 Å². The molecule has 0 fully saturated rings. The number of hydrogen-bond donors (Lipinski definition) is 4. The van der Waals surface area contributed by atoms with E-state index >= 15 is 0 Å². The number of unbranched alkanes of at least 4 members (excludes halogenated alkanes) is 28. The Bertz CT molecular complexity index is 2050. The van der Waals surface area contributed by atoms with E-state index in [-0.39, 0.29) is 19.3 Å². The van der Waals surface area contributed by atoms with Crippen molar-refractivity contribution in [3.05, 3.63) is 97.2 Å². The molecule has 0 bridgehead atoms. The Hall–Kier alpha value is -3.53. The monoisotopic (exact) mass is 1320 g/mol. The standard InChI is InChI=1S/C73H128O16P2/c1-4-7-10-13-16-19-22-25-26-27-28-29-30-31-32-33-34-35-36-37-38-39-40-43-45-47-50-53-56-59-71(76)83-62-68(74)63-85-90(79,80)86-64-69(75)65-87-91(81,82)88-67-70(89-73(78)61-58-55-52-49-46-42-24-21-18-15-12-9-6-3)66-84-72(77)60-57-54-51-48-44-41-23-20-17-14-11-8-5-2/h7,10-11,14,16,19-21,23-26,28-29,31-32,68-70,74-75H,4-6,8-9,12-13,15,17-18,22,27,30,33-67H2,1-3H3,(H,79,80)(H,81,82)/b10-7-,14-11-,19-16-,23-20-,24-21-,26-25-,29-28-,32-31-. The molecule has 0 radical (unpaired) electrons. The van der Waals surface area contributed by atoms with E-state index in [1.54, 1.807) is 0 Å². The van der Waals surface area contributed by atoms with E-state index in [1.807, 2.05) is 0 Å². The number of allylic oxidation sites excluding steroid dienone is 16. The molecule has 0 spiro atoms. The predicted molar refractivity (Wildman–Crippen MR) is 371 cm³/mol. The van der Waals surface area contributed by atoms with Gasteiger partial charge in [0.15, 0.2) is 6.10 Å². The minimum absolute atomic E-state index is 0.0923. The highest BCUT2D eigenvalue weighted by molar-refractivity contribution is 7.47. The first-order chi connectivity index (χ1) is 44.2. The molecule has 0 aromatic carbocycles. The van der Waals surface area contributed by atoms with Crippen LogP contribution in [0, 0.1) is 0 Å². The third-order valence-corrected chi connectivity index (χ3v) is 16.6. The van der Waals surface area contributed by atoms with Gasteiger partial charge in [-0.05, 0) is 116 Å². The van der Waals surface area contributed by atoms with Gasteiger partial charge in [0.25, 0.3) is 0 Å². The number of phosphoric ester groups is 2. The fourth-order valence-electron chi connectivity index (χ4n) is 9.34. The Kier molecular flexibility index (Phi) is 63.9. The van der Waals surface area contributed by atoms with Crippen LogP contribution in [0.15, 0.2) is 97.2 Å². The zero-order valence-corrected chi connectivity index (χ0v) is 58.8. The summed E-state index contributed by atoms with van der Waals surface area (Å²) in [6, 6.07) is 0. The van der Waals surface area contributed by atoms with Crippen LogP contribution in [0.3, 0.4) is 0 Å². The van der Waals surface area contributed by atoms with Crippen molar-refractivity contribution in [3.63, 3.8) is 0 Å². The van der Waals surface area contributed by atoms with Crippen molar-refractivity contribution in [1.29, 1.82) is 0 Å². The zero-order chi connectivity index (χ0) is 66.7. The molecule has 0 aromatic rings. The molecule has 526 valence electrons. The molecule has 0 amide bonds. The highest BCUT2D eigenvalue weighted by Crippen LogP contribution is 2.45. The van der Waals surface area contributed by atoms with Gasteiger partial charge in [-0.25, -0.2) is 9.13 Å². The Morgan fingerprint density at radius 3 is 0.978 bits per heavy atom. The SMILES string of the molecule is CC/C=C\C/C=C\C/C=C\C/C=C\C/C=C\CCCCCCCCCCCCCCCC(=O)OCC(O)COP(=O)(O)OCC(O)COP(=O)(O)OCC(COC(=O)CCCCCCC/C=C\C/C=C\CCC)OC(=O)CCCCCCC/C=C\CCCCCC. The molecule has 0 heterocycles. The van der Waals surface area contributed by atoms with Crippen molar-refractivity contribution in [2.24, 2.45) is 0 Å². The van der Waals surface area contributed by atoms with E-state index in [1.165, 1.54) is 83.5 Å².